The molecule has 5 rings (SSSR count). The summed E-state index contributed by atoms with van der Waals surface area (Å²) in [6, 6.07) is 16.2. The third-order valence-corrected chi connectivity index (χ3v) is 8.22. The second kappa shape index (κ2) is 13.1. The van der Waals surface area contributed by atoms with Crippen LogP contribution >= 0.6 is 11.6 Å². The van der Waals surface area contributed by atoms with Crippen LogP contribution in [0.15, 0.2) is 48.5 Å². The van der Waals surface area contributed by atoms with Crippen LogP contribution in [0.2, 0.25) is 5.02 Å². The van der Waals surface area contributed by atoms with E-state index in [2.05, 4.69) is 29.2 Å². The Hall–Kier alpha value is -2.41. The molecule has 1 saturated heterocycles. The highest BCUT2D eigenvalue weighted by Crippen LogP contribution is 2.34. The molecule has 2 amide bonds. The average molecular weight is 538 g/mol. The van der Waals surface area contributed by atoms with E-state index < -0.39 is 0 Å². The van der Waals surface area contributed by atoms with Gasteiger partial charge in [-0.1, -0.05) is 41.9 Å². The van der Waals surface area contributed by atoms with Crippen LogP contribution < -0.4 is 4.90 Å². The normalized spacial score (nSPS) is 21.4. The predicted octanol–water partition coefficient (Wildman–Crippen LogP) is 5.67. The van der Waals surface area contributed by atoms with E-state index in [1.165, 1.54) is 5.56 Å². The summed E-state index contributed by atoms with van der Waals surface area (Å²) in [5, 5.41) is 0.743. The molecule has 2 aromatic carbocycles. The van der Waals surface area contributed by atoms with Gasteiger partial charge in [-0.2, -0.15) is 0 Å². The van der Waals surface area contributed by atoms with Crippen molar-refractivity contribution in [2.75, 3.05) is 37.7 Å². The number of fused-ring (bicyclic) bond motifs is 1. The lowest BCUT2D eigenvalue weighted by Gasteiger charge is -2.32. The van der Waals surface area contributed by atoms with Gasteiger partial charge in [0.2, 0.25) is 11.8 Å². The fourth-order valence-electron chi connectivity index (χ4n) is 5.68. The largest absolute Gasteiger partial charge is 0.378 e. The number of carbonyl (C=O) groups excluding carboxylic acids is 2. The lowest BCUT2D eigenvalue weighted by molar-refractivity contribution is -0.132. The van der Waals surface area contributed by atoms with Gasteiger partial charge in [0.1, 0.15) is 0 Å². The average Bonchev–Trinajstić information content (AvgIpc) is 3.64. The second-order valence-corrected chi connectivity index (χ2v) is 11.4. The molecule has 1 unspecified atom stereocenters. The van der Waals surface area contributed by atoms with E-state index in [-0.39, 0.29) is 23.8 Å². The Morgan fingerprint density at radius 1 is 0.895 bits per heavy atom. The molecule has 2 aliphatic heterocycles. The van der Waals surface area contributed by atoms with Crippen LogP contribution in [0.1, 0.15) is 62.5 Å². The topological polar surface area (TPSA) is 53.1 Å². The summed E-state index contributed by atoms with van der Waals surface area (Å²) in [7, 11) is 0. The van der Waals surface area contributed by atoms with Crippen molar-refractivity contribution in [2.24, 2.45) is 5.92 Å². The molecule has 6 nitrogen and oxygen atoms in total. The van der Waals surface area contributed by atoms with Crippen molar-refractivity contribution in [3.63, 3.8) is 0 Å². The Morgan fingerprint density at radius 3 is 2.39 bits per heavy atom. The summed E-state index contributed by atoms with van der Waals surface area (Å²) >= 11 is 6.11. The number of benzene rings is 2. The molecule has 1 aliphatic carbocycles. The molecule has 0 N–H and O–H groups in total. The molecule has 0 aromatic heterocycles. The zero-order valence-corrected chi connectivity index (χ0v) is 23.1. The maximum atomic E-state index is 13.5. The van der Waals surface area contributed by atoms with E-state index in [1.807, 2.05) is 34.1 Å². The summed E-state index contributed by atoms with van der Waals surface area (Å²) in [4.78, 5) is 33.4. The summed E-state index contributed by atoms with van der Waals surface area (Å²) in [5.41, 5.74) is 3.25. The third kappa shape index (κ3) is 7.37. The van der Waals surface area contributed by atoms with Gasteiger partial charge in [-0.3, -0.25) is 14.5 Å². The SMILES string of the molecule is O=C(CCC1CCCO1)N1CCCN(Cc2ccc(Cl)cc2)CCCN(C(=O)C2CC2)c2ccccc2C1. The first kappa shape index (κ1) is 27.2. The van der Waals surface area contributed by atoms with Crippen molar-refractivity contribution in [1.82, 2.24) is 9.80 Å². The first-order chi connectivity index (χ1) is 18.6. The molecule has 3 aliphatic rings. The molecular weight excluding hydrogens is 498 g/mol. The molecule has 7 heteroatoms. The van der Waals surface area contributed by atoms with Crippen molar-refractivity contribution < 1.29 is 14.3 Å². The summed E-state index contributed by atoms with van der Waals surface area (Å²) in [5.74, 6) is 0.553. The van der Waals surface area contributed by atoms with Crippen LogP contribution in [-0.4, -0.2) is 60.5 Å². The van der Waals surface area contributed by atoms with E-state index in [4.69, 9.17) is 16.3 Å². The van der Waals surface area contributed by atoms with Gasteiger partial charge in [0.05, 0.1) is 6.10 Å². The van der Waals surface area contributed by atoms with E-state index in [9.17, 15) is 9.59 Å². The fourth-order valence-corrected chi connectivity index (χ4v) is 5.80. The lowest BCUT2D eigenvalue weighted by Crippen LogP contribution is -2.39. The minimum absolute atomic E-state index is 0.144. The Morgan fingerprint density at radius 2 is 1.66 bits per heavy atom. The molecule has 1 saturated carbocycles. The van der Waals surface area contributed by atoms with Crippen molar-refractivity contribution in [3.8, 4) is 0 Å². The van der Waals surface area contributed by atoms with Gasteiger partial charge in [-0.05, 0) is 74.3 Å². The standard InChI is InChI=1S/C31H40ClN3O3/c32-27-13-9-24(10-14-27)22-33-17-4-19-34(30(36)16-15-28-7-3-21-38-28)23-26-6-1-2-8-29(26)35(20-5-18-33)31(37)25-11-12-25/h1-2,6,8-10,13-14,25,28H,3-5,7,11-12,15-23H2. The second-order valence-electron chi connectivity index (χ2n) is 11.0. The molecule has 0 bridgehead atoms. The minimum Gasteiger partial charge on any atom is -0.378 e. The number of ether oxygens (including phenoxy) is 1. The van der Waals surface area contributed by atoms with Crippen LogP contribution in [-0.2, 0) is 27.4 Å². The predicted molar refractivity (Wildman–Crippen MR) is 151 cm³/mol. The van der Waals surface area contributed by atoms with Gasteiger partial charge in [0, 0.05) is 68.9 Å². The molecule has 2 fully saturated rings. The van der Waals surface area contributed by atoms with Gasteiger partial charge in [0.25, 0.3) is 0 Å². The number of carbonyl (C=O) groups is 2. The quantitative estimate of drug-likeness (QED) is 0.476. The number of hydrogen-bond acceptors (Lipinski definition) is 4. The Balaban J connectivity index is 1.36. The zero-order chi connectivity index (χ0) is 26.3. The number of rotatable bonds is 6. The highest BCUT2D eigenvalue weighted by Gasteiger charge is 2.35. The highest BCUT2D eigenvalue weighted by molar-refractivity contribution is 6.30. The highest BCUT2D eigenvalue weighted by atomic mass is 35.5. The number of hydrogen-bond donors (Lipinski definition) is 0. The van der Waals surface area contributed by atoms with E-state index in [1.54, 1.807) is 0 Å². The molecule has 1 atom stereocenters. The van der Waals surface area contributed by atoms with Crippen molar-refractivity contribution in [3.05, 3.63) is 64.7 Å². The Bertz CT molecular complexity index is 1080. The summed E-state index contributed by atoms with van der Waals surface area (Å²) < 4.78 is 5.78. The molecule has 38 heavy (non-hydrogen) atoms. The van der Waals surface area contributed by atoms with E-state index >= 15 is 0 Å². The van der Waals surface area contributed by atoms with Gasteiger partial charge in [-0.15, -0.1) is 0 Å². The van der Waals surface area contributed by atoms with Crippen LogP contribution in [0, 0.1) is 5.92 Å². The van der Waals surface area contributed by atoms with E-state index in [0.29, 0.717) is 26.1 Å². The Kier molecular flexibility index (Phi) is 9.36. The van der Waals surface area contributed by atoms with E-state index in [0.717, 1.165) is 87.5 Å². The summed E-state index contributed by atoms with van der Waals surface area (Å²) in [6.07, 6.45) is 7.41. The molecule has 2 aromatic rings. The van der Waals surface area contributed by atoms with Crippen molar-refractivity contribution in [1.29, 1.82) is 0 Å². The molecule has 0 spiro atoms. The number of anilines is 1. The van der Waals surface area contributed by atoms with Gasteiger partial charge < -0.3 is 14.5 Å². The van der Waals surface area contributed by atoms with Crippen molar-refractivity contribution in [2.45, 2.75) is 70.6 Å². The minimum atomic E-state index is 0.144. The first-order valence-corrected chi connectivity index (χ1v) is 14.7. The van der Waals surface area contributed by atoms with Gasteiger partial charge >= 0.3 is 0 Å². The van der Waals surface area contributed by atoms with Gasteiger partial charge in [0.15, 0.2) is 0 Å². The zero-order valence-electron chi connectivity index (χ0n) is 22.3. The third-order valence-electron chi connectivity index (χ3n) is 7.97. The number of amides is 2. The molecule has 2 heterocycles. The number of para-hydroxylation sites is 1. The molecule has 0 radical (unpaired) electrons. The Labute approximate surface area is 231 Å². The molecular formula is C31H40ClN3O3. The number of halogens is 1. The fraction of sp³-hybridized carbons (Fsp3) is 0.548. The monoisotopic (exact) mass is 537 g/mol. The summed E-state index contributed by atoms with van der Waals surface area (Å²) in [6.45, 7) is 5.36. The number of nitrogens with zero attached hydrogens (tertiary/aromatic N) is 3. The maximum Gasteiger partial charge on any atom is 0.230 e. The maximum absolute atomic E-state index is 13.5. The van der Waals surface area contributed by atoms with Gasteiger partial charge in [-0.25, -0.2) is 0 Å². The smallest absolute Gasteiger partial charge is 0.230 e. The van der Waals surface area contributed by atoms with Crippen LogP contribution in [0.25, 0.3) is 0 Å². The van der Waals surface area contributed by atoms with Crippen LogP contribution in [0.5, 0.6) is 0 Å². The van der Waals surface area contributed by atoms with Crippen LogP contribution in [0.4, 0.5) is 5.69 Å². The van der Waals surface area contributed by atoms with Crippen molar-refractivity contribution >= 4 is 29.1 Å². The molecule has 204 valence electrons. The van der Waals surface area contributed by atoms with Crippen LogP contribution in [0.3, 0.4) is 0 Å². The first-order valence-electron chi connectivity index (χ1n) is 14.3. The lowest BCUT2D eigenvalue weighted by atomic mass is 10.1.